The lowest BCUT2D eigenvalue weighted by Crippen LogP contribution is -2.26. The zero-order chi connectivity index (χ0) is 13.9. The van der Waals surface area contributed by atoms with Gasteiger partial charge in [-0.3, -0.25) is 4.79 Å². The van der Waals surface area contributed by atoms with Gasteiger partial charge in [0, 0.05) is 16.1 Å². The number of methoxy groups -OCH3 is 2. The molecule has 4 nitrogen and oxygen atoms in total. The van der Waals surface area contributed by atoms with Crippen LogP contribution >= 0.6 is 15.9 Å². The molecule has 0 saturated carbocycles. The Balaban J connectivity index is 3.20. The molecule has 5 heteroatoms. The fourth-order valence-electron chi connectivity index (χ4n) is 1.58. The Morgan fingerprint density at radius 2 is 1.94 bits per heavy atom. The third-order valence-corrected chi connectivity index (χ3v) is 3.49. The summed E-state index contributed by atoms with van der Waals surface area (Å²) in [5.41, 5.74) is -0.0320. The molecule has 0 spiro atoms. The van der Waals surface area contributed by atoms with Crippen molar-refractivity contribution < 1.29 is 19.4 Å². The number of benzene rings is 1. The Kier molecular flexibility index (Phi) is 4.62. The lowest BCUT2D eigenvalue weighted by Gasteiger charge is -2.22. The number of rotatable bonds is 5. The van der Waals surface area contributed by atoms with Crippen molar-refractivity contribution in [3.8, 4) is 11.5 Å². The normalized spacial score (nSPS) is 11.2. The predicted octanol–water partition coefficient (Wildman–Crippen LogP) is 3.12. The van der Waals surface area contributed by atoms with Gasteiger partial charge in [-0.15, -0.1) is 0 Å². The van der Waals surface area contributed by atoms with Gasteiger partial charge in [-0.25, -0.2) is 0 Å². The van der Waals surface area contributed by atoms with Crippen LogP contribution in [0.2, 0.25) is 0 Å². The van der Waals surface area contributed by atoms with E-state index in [-0.39, 0.29) is 0 Å². The van der Waals surface area contributed by atoms with Gasteiger partial charge in [-0.2, -0.15) is 0 Å². The van der Waals surface area contributed by atoms with Gasteiger partial charge in [-0.05, 0) is 26.3 Å². The molecule has 0 radical (unpaired) electrons. The van der Waals surface area contributed by atoms with Gasteiger partial charge >= 0.3 is 5.97 Å². The summed E-state index contributed by atoms with van der Waals surface area (Å²) < 4.78 is 11.2. The number of ether oxygens (including phenoxy) is 2. The van der Waals surface area contributed by atoms with E-state index in [1.165, 1.54) is 0 Å². The highest BCUT2D eigenvalue weighted by Crippen LogP contribution is 2.36. The first-order valence-electron chi connectivity index (χ1n) is 5.45. The number of halogens is 1. The van der Waals surface area contributed by atoms with Crippen molar-refractivity contribution in [2.45, 2.75) is 20.3 Å². The highest BCUT2D eigenvalue weighted by atomic mass is 79.9. The van der Waals surface area contributed by atoms with Crippen LogP contribution in [0.1, 0.15) is 19.4 Å². The summed E-state index contributed by atoms with van der Waals surface area (Å²) in [6, 6.07) is 3.55. The fourth-order valence-corrected chi connectivity index (χ4v) is 2.14. The highest BCUT2D eigenvalue weighted by molar-refractivity contribution is 9.10. The summed E-state index contributed by atoms with van der Waals surface area (Å²) in [5, 5.41) is 9.18. The van der Waals surface area contributed by atoms with E-state index in [1.807, 2.05) is 0 Å². The summed E-state index contributed by atoms with van der Waals surface area (Å²) in [6.07, 6.45) is 0.371. The molecule has 1 aromatic carbocycles. The average Bonchev–Trinajstić information content (AvgIpc) is 2.30. The number of carbonyl (C=O) groups is 1. The molecule has 0 atom stereocenters. The van der Waals surface area contributed by atoms with Gasteiger partial charge in [-0.1, -0.05) is 15.9 Å². The zero-order valence-corrected chi connectivity index (χ0v) is 12.5. The van der Waals surface area contributed by atoms with E-state index >= 15 is 0 Å². The quantitative estimate of drug-likeness (QED) is 0.906. The first-order valence-corrected chi connectivity index (χ1v) is 6.25. The van der Waals surface area contributed by atoms with Gasteiger partial charge in [0.05, 0.1) is 19.6 Å². The van der Waals surface area contributed by atoms with E-state index in [1.54, 1.807) is 40.2 Å². The minimum Gasteiger partial charge on any atom is -0.497 e. The van der Waals surface area contributed by atoms with Gasteiger partial charge < -0.3 is 14.6 Å². The number of carboxylic acids is 1. The van der Waals surface area contributed by atoms with E-state index in [4.69, 9.17) is 9.47 Å². The largest absolute Gasteiger partial charge is 0.497 e. The van der Waals surface area contributed by atoms with Crippen LogP contribution in [0.5, 0.6) is 11.5 Å². The highest BCUT2D eigenvalue weighted by Gasteiger charge is 2.30. The Hall–Kier alpha value is -1.23. The molecule has 0 bridgehead atoms. The lowest BCUT2D eigenvalue weighted by atomic mass is 9.85. The summed E-state index contributed by atoms with van der Waals surface area (Å²) in [7, 11) is 3.13. The first kappa shape index (κ1) is 14.8. The second-order valence-corrected chi connectivity index (χ2v) is 5.51. The fraction of sp³-hybridized carbons (Fsp3) is 0.462. The number of carboxylic acid groups (broad SMARTS) is 1. The molecule has 1 rings (SSSR count). The maximum atomic E-state index is 11.2. The summed E-state index contributed by atoms with van der Waals surface area (Å²) in [6.45, 7) is 3.37. The molecule has 0 aromatic heterocycles. The SMILES string of the molecule is COc1cc(Br)c(CC(C)(C)C(=O)O)c(OC)c1. The topological polar surface area (TPSA) is 55.8 Å². The van der Waals surface area contributed by atoms with Crippen LogP contribution in [0.25, 0.3) is 0 Å². The van der Waals surface area contributed by atoms with Crippen LogP contribution in [0, 0.1) is 5.41 Å². The van der Waals surface area contributed by atoms with Crippen molar-refractivity contribution in [3.05, 3.63) is 22.2 Å². The monoisotopic (exact) mass is 316 g/mol. The van der Waals surface area contributed by atoms with E-state index in [9.17, 15) is 9.90 Å². The molecule has 0 saturated heterocycles. The molecular weight excluding hydrogens is 300 g/mol. The van der Waals surface area contributed by atoms with E-state index < -0.39 is 11.4 Å². The Labute approximate surface area is 115 Å². The van der Waals surface area contributed by atoms with Crippen LogP contribution in [-0.4, -0.2) is 25.3 Å². The molecule has 18 heavy (non-hydrogen) atoms. The van der Waals surface area contributed by atoms with Crippen LogP contribution in [0.15, 0.2) is 16.6 Å². The Morgan fingerprint density at radius 3 is 2.39 bits per heavy atom. The molecule has 1 N–H and O–H groups in total. The Bertz CT molecular complexity index is 455. The smallest absolute Gasteiger partial charge is 0.309 e. The number of hydrogen-bond donors (Lipinski definition) is 1. The predicted molar refractivity (Wildman–Crippen MR) is 72.4 cm³/mol. The van der Waals surface area contributed by atoms with E-state index in [0.717, 1.165) is 10.0 Å². The third kappa shape index (κ3) is 3.16. The van der Waals surface area contributed by atoms with Crippen LogP contribution in [0.3, 0.4) is 0 Å². The van der Waals surface area contributed by atoms with Crippen LogP contribution in [-0.2, 0) is 11.2 Å². The lowest BCUT2D eigenvalue weighted by molar-refractivity contribution is -0.146. The molecule has 0 unspecified atom stereocenters. The average molecular weight is 317 g/mol. The molecule has 0 heterocycles. The molecule has 100 valence electrons. The molecular formula is C13H17BrO4. The van der Waals surface area contributed by atoms with Gasteiger partial charge in [0.2, 0.25) is 0 Å². The zero-order valence-electron chi connectivity index (χ0n) is 10.9. The first-order chi connectivity index (χ1) is 8.31. The Morgan fingerprint density at radius 1 is 1.33 bits per heavy atom. The summed E-state index contributed by atoms with van der Waals surface area (Å²) in [5.74, 6) is 0.443. The van der Waals surface area contributed by atoms with Crippen molar-refractivity contribution in [1.29, 1.82) is 0 Å². The molecule has 0 fully saturated rings. The number of hydrogen-bond acceptors (Lipinski definition) is 3. The molecule has 0 aliphatic rings. The minimum absolute atomic E-state index is 0.371. The minimum atomic E-state index is -0.857. The summed E-state index contributed by atoms with van der Waals surface area (Å²) in [4.78, 5) is 11.2. The van der Waals surface area contributed by atoms with Gasteiger partial charge in [0.15, 0.2) is 0 Å². The van der Waals surface area contributed by atoms with E-state index in [0.29, 0.717) is 17.9 Å². The van der Waals surface area contributed by atoms with Gasteiger partial charge in [0.1, 0.15) is 11.5 Å². The van der Waals surface area contributed by atoms with Crippen molar-refractivity contribution in [3.63, 3.8) is 0 Å². The maximum absolute atomic E-state index is 11.2. The maximum Gasteiger partial charge on any atom is 0.309 e. The van der Waals surface area contributed by atoms with Crippen molar-refractivity contribution >= 4 is 21.9 Å². The van der Waals surface area contributed by atoms with Crippen molar-refractivity contribution in [2.75, 3.05) is 14.2 Å². The van der Waals surface area contributed by atoms with Crippen molar-refractivity contribution in [1.82, 2.24) is 0 Å². The van der Waals surface area contributed by atoms with Crippen LogP contribution < -0.4 is 9.47 Å². The van der Waals surface area contributed by atoms with E-state index in [2.05, 4.69) is 15.9 Å². The van der Waals surface area contributed by atoms with Crippen molar-refractivity contribution in [2.24, 2.45) is 5.41 Å². The van der Waals surface area contributed by atoms with Gasteiger partial charge in [0.25, 0.3) is 0 Å². The molecule has 0 aliphatic carbocycles. The standard InChI is InChI=1S/C13H17BrO4/c1-13(2,12(15)16)7-9-10(14)5-8(17-3)6-11(9)18-4/h5-6H,7H2,1-4H3,(H,15,16). The summed E-state index contributed by atoms with van der Waals surface area (Å²) >= 11 is 3.43. The number of aliphatic carboxylic acids is 1. The second kappa shape index (κ2) is 5.61. The third-order valence-electron chi connectivity index (χ3n) is 2.78. The second-order valence-electron chi connectivity index (χ2n) is 4.66. The molecule has 0 aliphatic heterocycles. The molecule has 1 aromatic rings. The van der Waals surface area contributed by atoms with Crippen LogP contribution in [0.4, 0.5) is 0 Å². The molecule has 0 amide bonds.